The number of aliphatic imine (C=N–C) groups is 1. The lowest BCUT2D eigenvalue weighted by atomic mass is 9.84. The first-order chi connectivity index (χ1) is 12.2. The zero-order valence-electron chi connectivity index (χ0n) is 16.3. The second-order valence-electron chi connectivity index (χ2n) is 6.65. The highest BCUT2D eigenvalue weighted by atomic mass is 32.2. The smallest absolute Gasteiger partial charge is 0.215 e. The van der Waals surface area contributed by atoms with Crippen LogP contribution in [0.25, 0.3) is 0 Å². The van der Waals surface area contributed by atoms with Crippen LogP contribution in [0.2, 0.25) is 0 Å². The van der Waals surface area contributed by atoms with E-state index in [1.165, 1.54) is 16.4 Å². The van der Waals surface area contributed by atoms with Crippen molar-refractivity contribution in [3.05, 3.63) is 35.6 Å². The van der Waals surface area contributed by atoms with Gasteiger partial charge in [0.25, 0.3) is 0 Å². The van der Waals surface area contributed by atoms with E-state index in [1.807, 2.05) is 33.8 Å². The first kappa shape index (κ1) is 22.4. The Morgan fingerprint density at radius 1 is 1.23 bits per heavy atom. The van der Waals surface area contributed by atoms with E-state index in [0.717, 1.165) is 5.56 Å². The predicted molar refractivity (Wildman–Crippen MR) is 105 cm³/mol. The quantitative estimate of drug-likeness (QED) is 0.502. The lowest BCUT2D eigenvalue weighted by Gasteiger charge is -2.27. The third-order valence-corrected chi connectivity index (χ3v) is 6.30. The Bertz CT molecular complexity index is 701. The Morgan fingerprint density at radius 3 is 2.42 bits per heavy atom. The van der Waals surface area contributed by atoms with Gasteiger partial charge in [-0.3, -0.25) is 4.99 Å². The summed E-state index contributed by atoms with van der Waals surface area (Å²) >= 11 is 0. The Hall–Kier alpha value is -1.67. The van der Waals surface area contributed by atoms with Gasteiger partial charge in [0.2, 0.25) is 10.0 Å². The number of guanidine groups is 1. The van der Waals surface area contributed by atoms with Crippen LogP contribution in [0.5, 0.6) is 0 Å². The fraction of sp³-hybridized carbons (Fsp3) is 0.611. The van der Waals surface area contributed by atoms with E-state index in [1.54, 1.807) is 13.1 Å². The number of nitrogens with one attached hydrogen (secondary N) is 2. The predicted octanol–water partition coefficient (Wildman–Crippen LogP) is 1.94. The van der Waals surface area contributed by atoms with Crippen LogP contribution < -0.4 is 10.6 Å². The molecule has 0 saturated heterocycles. The van der Waals surface area contributed by atoms with Gasteiger partial charge in [-0.05, 0) is 17.7 Å². The van der Waals surface area contributed by atoms with Crippen LogP contribution in [0.1, 0.15) is 33.3 Å². The molecular weight excluding hydrogens is 355 g/mol. The third-order valence-electron chi connectivity index (χ3n) is 4.28. The average Bonchev–Trinajstić information content (AvgIpc) is 2.58. The molecule has 1 aromatic carbocycles. The Kier molecular flexibility index (Phi) is 8.49. The lowest BCUT2D eigenvalue weighted by Crippen LogP contribution is -2.45. The maximum atomic E-state index is 13.4. The monoisotopic (exact) mass is 386 g/mol. The molecule has 0 bridgehead atoms. The minimum absolute atomic E-state index is 0.00265. The Labute approximate surface area is 156 Å². The number of nitrogens with zero attached hydrogens (tertiary/aromatic N) is 2. The van der Waals surface area contributed by atoms with Crippen molar-refractivity contribution in [2.45, 2.75) is 33.1 Å². The zero-order chi connectivity index (χ0) is 19.8. The Morgan fingerprint density at radius 2 is 1.88 bits per heavy atom. The van der Waals surface area contributed by atoms with Crippen LogP contribution in [-0.4, -0.2) is 57.7 Å². The number of sulfonamides is 1. The molecule has 0 aliphatic carbocycles. The number of halogens is 1. The summed E-state index contributed by atoms with van der Waals surface area (Å²) in [6, 6.07) is 6.52. The molecule has 0 fully saturated rings. The van der Waals surface area contributed by atoms with Crippen molar-refractivity contribution in [3.63, 3.8) is 0 Å². The van der Waals surface area contributed by atoms with Gasteiger partial charge >= 0.3 is 0 Å². The number of hydrogen-bond donors (Lipinski definition) is 2. The van der Waals surface area contributed by atoms with Gasteiger partial charge in [0, 0.05) is 38.6 Å². The summed E-state index contributed by atoms with van der Waals surface area (Å²) in [4.78, 5) is 4.12. The Balaban J connectivity index is 2.58. The summed E-state index contributed by atoms with van der Waals surface area (Å²) in [6.07, 6.45) is 0. The summed E-state index contributed by atoms with van der Waals surface area (Å²) < 4.78 is 39.3. The molecule has 1 rings (SSSR count). The largest absolute Gasteiger partial charge is 0.356 e. The first-order valence-corrected chi connectivity index (χ1v) is 10.5. The van der Waals surface area contributed by atoms with Gasteiger partial charge in [-0.15, -0.1) is 0 Å². The minimum Gasteiger partial charge on any atom is -0.356 e. The standard InChI is InChI=1S/C18H31FN4O2S/c1-6-23(7-2)26(24,25)12-11-21-17(20-5)22-14-18(3,4)15-9-8-10-16(19)13-15/h8-10,13H,6-7,11-12,14H2,1-5H3,(H2,20,21,22). The van der Waals surface area contributed by atoms with Crippen molar-refractivity contribution in [2.75, 3.05) is 39.0 Å². The molecule has 0 saturated carbocycles. The second-order valence-corrected chi connectivity index (χ2v) is 8.74. The summed E-state index contributed by atoms with van der Waals surface area (Å²) in [6.45, 7) is 9.38. The molecule has 8 heteroatoms. The molecule has 0 aromatic heterocycles. The van der Waals surface area contributed by atoms with Crippen molar-refractivity contribution in [1.29, 1.82) is 0 Å². The van der Waals surface area contributed by atoms with Crippen LogP contribution >= 0.6 is 0 Å². The topological polar surface area (TPSA) is 73.8 Å². The van der Waals surface area contributed by atoms with E-state index in [-0.39, 0.29) is 23.5 Å². The summed E-state index contributed by atoms with van der Waals surface area (Å²) in [7, 11) is -1.64. The molecule has 0 heterocycles. The normalized spacial score (nSPS) is 13.1. The second kappa shape index (κ2) is 9.87. The molecule has 0 aliphatic rings. The number of hydrogen-bond acceptors (Lipinski definition) is 3. The van der Waals surface area contributed by atoms with Gasteiger partial charge in [0.15, 0.2) is 5.96 Å². The van der Waals surface area contributed by atoms with Crippen molar-refractivity contribution >= 4 is 16.0 Å². The highest BCUT2D eigenvalue weighted by molar-refractivity contribution is 7.89. The van der Waals surface area contributed by atoms with Crippen molar-refractivity contribution in [2.24, 2.45) is 4.99 Å². The SMILES string of the molecule is CCN(CC)S(=O)(=O)CCNC(=NC)NCC(C)(C)c1cccc(F)c1. The lowest BCUT2D eigenvalue weighted by molar-refractivity contribution is 0.445. The molecule has 26 heavy (non-hydrogen) atoms. The van der Waals surface area contributed by atoms with Gasteiger partial charge in [0.1, 0.15) is 5.82 Å². The van der Waals surface area contributed by atoms with Crippen LogP contribution in [0.15, 0.2) is 29.3 Å². The number of benzene rings is 1. The van der Waals surface area contributed by atoms with Crippen LogP contribution in [0.3, 0.4) is 0 Å². The van der Waals surface area contributed by atoms with E-state index < -0.39 is 10.0 Å². The van der Waals surface area contributed by atoms with Crippen molar-refractivity contribution in [1.82, 2.24) is 14.9 Å². The van der Waals surface area contributed by atoms with E-state index in [0.29, 0.717) is 25.6 Å². The van der Waals surface area contributed by atoms with Crippen LogP contribution in [-0.2, 0) is 15.4 Å². The molecule has 0 amide bonds. The molecule has 0 unspecified atom stereocenters. The minimum atomic E-state index is -3.27. The summed E-state index contributed by atoms with van der Waals surface area (Å²) in [5.74, 6) is 0.256. The fourth-order valence-electron chi connectivity index (χ4n) is 2.58. The molecular formula is C18H31FN4O2S. The number of rotatable bonds is 9. The van der Waals surface area contributed by atoms with Gasteiger partial charge in [-0.2, -0.15) is 0 Å². The zero-order valence-corrected chi connectivity index (χ0v) is 17.2. The van der Waals surface area contributed by atoms with E-state index >= 15 is 0 Å². The highest BCUT2D eigenvalue weighted by Gasteiger charge is 2.22. The summed E-state index contributed by atoms with van der Waals surface area (Å²) in [5.41, 5.74) is 0.567. The van der Waals surface area contributed by atoms with E-state index in [2.05, 4.69) is 15.6 Å². The summed E-state index contributed by atoms with van der Waals surface area (Å²) in [5, 5.41) is 6.20. The third kappa shape index (κ3) is 6.57. The molecule has 148 valence electrons. The molecule has 0 atom stereocenters. The van der Waals surface area contributed by atoms with Gasteiger partial charge in [0.05, 0.1) is 5.75 Å². The maximum Gasteiger partial charge on any atom is 0.215 e. The molecule has 2 N–H and O–H groups in total. The van der Waals surface area contributed by atoms with Crippen molar-refractivity contribution in [3.8, 4) is 0 Å². The first-order valence-electron chi connectivity index (χ1n) is 8.84. The van der Waals surface area contributed by atoms with Gasteiger partial charge in [-0.1, -0.05) is 39.8 Å². The van der Waals surface area contributed by atoms with Gasteiger partial charge < -0.3 is 10.6 Å². The maximum absolute atomic E-state index is 13.4. The highest BCUT2D eigenvalue weighted by Crippen LogP contribution is 2.22. The van der Waals surface area contributed by atoms with Gasteiger partial charge in [-0.25, -0.2) is 17.1 Å². The van der Waals surface area contributed by atoms with Crippen LogP contribution in [0.4, 0.5) is 4.39 Å². The average molecular weight is 387 g/mol. The van der Waals surface area contributed by atoms with Crippen molar-refractivity contribution < 1.29 is 12.8 Å². The molecule has 0 aliphatic heterocycles. The molecule has 0 radical (unpaired) electrons. The fourth-order valence-corrected chi connectivity index (χ4v) is 3.99. The van der Waals surface area contributed by atoms with E-state index in [4.69, 9.17) is 0 Å². The molecule has 0 spiro atoms. The molecule has 6 nitrogen and oxygen atoms in total. The molecule has 1 aromatic rings. The van der Waals surface area contributed by atoms with E-state index in [9.17, 15) is 12.8 Å². The van der Waals surface area contributed by atoms with Crippen LogP contribution in [0, 0.1) is 5.82 Å².